The van der Waals surface area contributed by atoms with Gasteiger partial charge in [0.25, 0.3) is 0 Å². The molecule has 3 aromatic rings. The number of aromatic nitrogens is 3. The lowest BCUT2D eigenvalue weighted by atomic mass is 10.1. The van der Waals surface area contributed by atoms with Gasteiger partial charge in [-0.25, -0.2) is 0 Å². The fraction of sp³-hybridized carbons (Fsp3) is 0.350. The Kier molecular flexibility index (Phi) is 5.56. The molecule has 0 unspecified atom stereocenters. The topological polar surface area (TPSA) is 51.1 Å². The Morgan fingerprint density at radius 2 is 2.00 bits per heavy atom. The smallest absolute Gasteiger partial charge is 0.120 e. The first kappa shape index (κ1) is 17.3. The van der Waals surface area contributed by atoms with Gasteiger partial charge in [0.1, 0.15) is 5.75 Å². The highest BCUT2D eigenvalue weighted by Crippen LogP contribution is 2.20. The zero-order valence-electron chi connectivity index (χ0n) is 15.0. The quantitative estimate of drug-likeness (QED) is 0.661. The number of ether oxygens (including phenoxy) is 1. The summed E-state index contributed by atoms with van der Waals surface area (Å²) in [7, 11) is 2.12. The minimum absolute atomic E-state index is 0.356. The Morgan fingerprint density at radius 1 is 1.12 bits per heavy atom. The van der Waals surface area contributed by atoms with Gasteiger partial charge in [-0.3, -0.25) is 19.9 Å². The summed E-state index contributed by atoms with van der Waals surface area (Å²) < 4.78 is 5.55. The van der Waals surface area contributed by atoms with E-state index in [1.165, 1.54) is 0 Å². The summed E-state index contributed by atoms with van der Waals surface area (Å²) in [5, 5.41) is 1.10. The Bertz CT molecular complexity index is 822. The number of pyridine rings is 1. The molecule has 0 aliphatic heterocycles. The van der Waals surface area contributed by atoms with E-state index >= 15 is 0 Å². The van der Waals surface area contributed by atoms with Crippen molar-refractivity contribution in [2.75, 3.05) is 13.7 Å². The van der Waals surface area contributed by atoms with E-state index < -0.39 is 0 Å². The molecule has 0 N–H and O–H groups in total. The van der Waals surface area contributed by atoms with Crippen molar-refractivity contribution in [1.29, 1.82) is 0 Å². The van der Waals surface area contributed by atoms with Crippen LogP contribution in [-0.4, -0.2) is 39.5 Å². The molecule has 5 nitrogen and oxygen atoms in total. The van der Waals surface area contributed by atoms with Crippen molar-refractivity contribution in [2.45, 2.75) is 32.9 Å². The molecular weight excluding hydrogens is 312 g/mol. The third kappa shape index (κ3) is 4.51. The molecule has 3 rings (SSSR count). The van der Waals surface area contributed by atoms with E-state index in [1.807, 2.05) is 31.3 Å². The molecule has 0 amide bonds. The van der Waals surface area contributed by atoms with Crippen LogP contribution in [0.3, 0.4) is 0 Å². The molecule has 0 spiro atoms. The predicted octanol–water partition coefficient (Wildman–Crippen LogP) is 3.49. The van der Waals surface area contributed by atoms with Crippen LogP contribution in [0.1, 0.15) is 25.2 Å². The third-order valence-corrected chi connectivity index (χ3v) is 4.31. The summed E-state index contributed by atoms with van der Waals surface area (Å²) in [6, 6.07) is 10.6. The number of fused-ring (bicyclic) bond motifs is 1. The zero-order chi connectivity index (χ0) is 17.6. The first-order chi connectivity index (χ1) is 12.2. The second-order valence-electron chi connectivity index (χ2n) is 6.26. The van der Waals surface area contributed by atoms with Crippen LogP contribution < -0.4 is 4.74 Å². The maximum absolute atomic E-state index is 5.55. The molecule has 0 saturated carbocycles. The molecule has 25 heavy (non-hydrogen) atoms. The molecule has 0 fully saturated rings. The second-order valence-corrected chi connectivity index (χ2v) is 6.26. The normalized spacial score (nSPS) is 12.5. The van der Waals surface area contributed by atoms with Crippen molar-refractivity contribution >= 4 is 10.9 Å². The van der Waals surface area contributed by atoms with Crippen LogP contribution in [0.15, 0.2) is 48.9 Å². The average Bonchev–Trinajstić information content (AvgIpc) is 2.63. The van der Waals surface area contributed by atoms with Crippen LogP contribution in [0.5, 0.6) is 5.75 Å². The van der Waals surface area contributed by atoms with Crippen molar-refractivity contribution in [3.8, 4) is 5.75 Å². The van der Waals surface area contributed by atoms with Gasteiger partial charge in [-0.15, -0.1) is 0 Å². The zero-order valence-corrected chi connectivity index (χ0v) is 15.0. The van der Waals surface area contributed by atoms with Gasteiger partial charge in [-0.1, -0.05) is 6.07 Å². The van der Waals surface area contributed by atoms with Crippen LogP contribution in [0.2, 0.25) is 0 Å². The summed E-state index contributed by atoms with van der Waals surface area (Å²) in [5.41, 5.74) is 3.07. The largest absolute Gasteiger partial charge is 0.494 e. The number of rotatable bonds is 7. The van der Waals surface area contributed by atoms with Crippen molar-refractivity contribution in [1.82, 2.24) is 19.9 Å². The number of hydrogen-bond acceptors (Lipinski definition) is 5. The second kappa shape index (κ2) is 8.03. The third-order valence-electron chi connectivity index (χ3n) is 4.31. The molecule has 0 aliphatic carbocycles. The average molecular weight is 336 g/mol. The Balaban J connectivity index is 1.68. The fourth-order valence-electron chi connectivity index (χ4n) is 2.80. The lowest BCUT2D eigenvalue weighted by Gasteiger charge is -2.24. The molecule has 0 radical (unpaired) electrons. The van der Waals surface area contributed by atoms with E-state index in [-0.39, 0.29) is 0 Å². The summed E-state index contributed by atoms with van der Waals surface area (Å²) >= 11 is 0. The molecule has 130 valence electrons. The molecule has 2 aromatic heterocycles. The van der Waals surface area contributed by atoms with Crippen LogP contribution >= 0.6 is 0 Å². The molecule has 1 aromatic carbocycles. The predicted molar refractivity (Wildman–Crippen MR) is 99.6 cm³/mol. The van der Waals surface area contributed by atoms with E-state index in [1.54, 1.807) is 12.4 Å². The van der Waals surface area contributed by atoms with E-state index in [0.717, 1.165) is 41.0 Å². The Morgan fingerprint density at radius 3 is 2.76 bits per heavy atom. The van der Waals surface area contributed by atoms with Crippen LogP contribution in [0, 0.1) is 0 Å². The minimum atomic E-state index is 0.356. The summed E-state index contributed by atoms with van der Waals surface area (Å²) in [6.45, 7) is 5.66. The number of likely N-dealkylation sites (N-methyl/N-ethyl adjacent to an activating group) is 1. The van der Waals surface area contributed by atoms with Crippen molar-refractivity contribution in [3.05, 3.63) is 60.3 Å². The van der Waals surface area contributed by atoms with E-state index in [0.29, 0.717) is 12.6 Å². The monoisotopic (exact) mass is 336 g/mol. The highest BCUT2D eigenvalue weighted by molar-refractivity contribution is 5.80. The van der Waals surface area contributed by atoms with E-state index in [2.05, 4.69) is 41.0 Å². The fourth-order valence-corrected chi connectivity index (χ4v) is 2.80. The van der Waals surface area contributed by atoms with Gasteiger partial charge in [0.15, 0.2) is 0 Å². The SMILES string of the molecule is CCOc1ccc2nc(CN(C)[C@H](C)Cc3cnccn3)ccc2c1. The highest BCUT2D eigenvalue weighted by Gasteiger charge is 2.12. The van der Waals surface area contributed by atoms with E-state index in [4.69, 9.17) is 9.72 Å². The first-order valence-corrected chi connectivity index (χ1v) is 8.63. The lowest BCUT2D eigenvalue weighted by Crippen LogP contribution is -2.31. The molecule has 0 saturated heterocycles. The van der Waals surface area contributed by atoms with Gasteiger partial charge < -0.3 is 4.74 Å². The molecule has 5 heteroatoms. The van der Waals surface area contributed by atoms with Gasteiger partial charge in [0.2, 0.25) is 0 Å². The molecule has 2 heterocycles. The maximum Gasteiger partial charge on any atom is 0.120 e. The molecule has 1 atom stereocenters. The summed E-state index contributed by atoms with van der Waals surface area (Å²) in [6.07, 6.45) is 6.14. The standard InChI is InChI=1S/C20H24N4O/c1-4-25-19-7-8-20-16(12-19)5-6-17(23-20)14-24(3)15(2)11-18-13-21-9-10-22-18/h5-10,12-13,15H,4,11,14H2,1-3H3/t15-/m1/s1. The lowest BCUT2D eigenvalue weighted by molar-refractivity contribution is 0.244. The Labute approximate surface area is 148 Å². The van der Waals surface area contributed by atoms with Gasteiger partial charge in [0, 0.05) is 43.0 Å². The minimum Gasteiger partial charge on any atom is -0.494 e. The molecular formula is C20H24N4O. The number of hydrogen-bond donors (Lipinski definition) is 0. The van der Waals surface area contributed by atoms with Crippen molar-refractivity contribution in [3.63, 3.8) is 0 Å². The van der Waals surface area contributed by atoms with E-state index in [9.17, 15) is 0 Å². The number of benzene rings is 1. The van der Waals surface area contributed by atoms with Crippen LogP contribution in [-0.2, 0) is 13.0 Å². The van der Waals surface area contributed by atoms with Gasteiger partial charge in [0.05, 0.1) is 23.5 Å². The van der Waals surface area contributed by atoms with Gasteiger partial charge >= 0.3 is 0 Å². The highest BCUT2D eigenvalue weighted by atomic mass is 16.5. The first-order valence-electron chi connectivity index (χ1n) is 8.63. The summed E-state index contributed by atoms with van der Waals surface area (Å²) in [5.74, 6) is 0.888. The van der Waals surface area contributed by atoms with Crippen LogP contribution in [0.4, 0.5) is 0 Å². The van der Waals surface area contributed by atoms with Gasteiger partial charge in [-0.2, -0.15) is 0 Å². The van der Waals surface area contributed by atoms with Crippen molar-refractivity contribution < 1.29 is 4.74 Å². The maximum atomic E-state index is 5.55. The molecule has 0 aliphatic rings. The molecule has 0 bridgehead atoms. The van der Waals surface area contributed by atoms with Crippen molar-refractivity contribution in [2.24, 2.45) is 0 Å². The van der Waals surface area contributed by atoms with Gasteiger partial charge in [-0.05, 0) is 45.2 Å². The number of nitrogens with zero attached hydrogens (tertiary/aromatic N) is 4. The Hall–Kier alpha value is -2.53. The van der Waals surface area contributed by atoms with Crippen LogP contribution in [0.25, 0.3) is 10.9 Å². The summed E-state index contributed by atoms with van der Waals surface area (Å²) in [4.78, 5) is 15.6.